The number of hydrogen-bond acceptors (Lipinski definition) is 4. The van der Waals surface area contributed by atoms with Gasteiger partial charge in [0.15, 0.2) is 0 Å². The van der Waals surface area contributed by atoms with Gasteiger partial charge in [-0.1, -0.05) is 48.5 Å². The summed E-state index contributed by atoms with van der Waals surface area (Å²) < 4.78 is 37.8. The summed E-state index contributed by atoms with van der Waals surface area (Å²) in [4.78, 5) is 32.2. The molecule has 0 atom stereocenters. The van der Waals surface area contributed by atoms with Crippen LogP contribution in [-0.4, -0.2) is 65.2 Å². The van der Waals surface area contributed by atoms with E-state index in [9.17, 15) is 22.8 Å². The standard InChI is InChI=1S/C26H31F3N4O2/c1-24(2)32(18-22(34)30-19-26(27,28)29)23(35)25(33(24)21-11-7-4-8-12-21)13-15-31(16-14-25)17-20-9-5-3-6-10-20/h3-12H,13-19H2,1-2H3,(H,30,34). The van der Waals surface area contributed by atoms with Gasteiger partial charge in [-0.2, -0.15) is 13.2 Å². The summed E-state index contributed by atoms with van der Waals surface area (Å²) in [5, 5.41) is 1.90. The molecule has 0 saturated carbocycles. The average Bonchev–Trinajstić information content (AvgIpc) is 2.97. The summed E-state index contributed by atoms with van der Waals surface area (Å²) in [5.74, 6) is -1.04. The van der Waals surface area contributed by atoms with E-state index >= 15 is 0 Å². The third-order valence-corrected chi connectivity index (χ3v) is 7.01. The molecule has 0 radical (unpaired) electrons. The van der Waals surface area contributed by atoms with Crippen LogP contribution in [0.4, 0.5) is 18.9 Å². The van der Waals surface area contributed by atoms with Crippen molar-refractivity contribution in [2.75, 3.05) is 31.1 Å². The summed E-state index contributed by atoms with van der Waals surface area (Å²) >= 11 is 0. The molecule has 2 amide bonds. The lowest BCUT2D eigenvalue weighted by molar-refractivity contribution is -0.144. The van der Waals surface area contributed by atoms with Gasteiger partial charge in [-0.15, -0.1) is 0 Å². The van der Waals surface area contributed by atoms with Crippen LogP contribution < -0.4 is 10.2 Å². The minimum absolute atomic E-state index is 0.215. The molecule has 2 aliphatic heterocycles. The molecule has 6 nitrogen and oxygen atoms in total. The lowest BCUT2D eigenvalue weighted by Gasteiger charge is -2.47. The van der Waals surface area contributed by atoms with Gasteiger partial charge in [-0.05, 0) is 44.4 Å². The smallest absolute Gasteiger partial charge is 0.345 e. The van der Waals surface area contributed by atoms with E-state index in [0.717, 1.165) is 12.2 Å². The average molecular weight is 489 g/mol. The van der Waals surface area contributed by atoms with Crippen molar-refractivity contribution >= 4 is 17.5 Å². The van der Waals surface area contributed by atoms with Crippen molar-refractivity contribution in [3.63, 3.8) is 0 Å². The first kappa shape index (κ1) is 25.0. The molecule has 35 heavy (non-hydrogen) atoms. The number of anilines is 1. The Balaban J connectivity index is 1.58. The Morgan fingerprint density at radius 3 is 2.11 bits per heavy atom. The lowest BCUT2D eigenvalue weighted by atomic mass is 9.84. The van der Waals surface area contributed by atoms with Crippen molar-refractivity contribution in [2.45, 2.75) is 50.6 Å². The highest BCUT2D eigenvalue weighted by Gasteiger charge is 2.61. The first-order valence-corrected chi connectivity index (χ1v) is 11.8. The summed E-state index contributed by atoms with van der Waals surface area (Å²) in [5.41, 5.74) is 0.266. The maximum atomic E-state index is 13.9. The number of likely N-dealkylation sites (tertiary alicyclic amines) is 1. The van der Waals surface area contributed by atoms with Gasteiger partial charge in [0, 0.05) is 25.3 Å². The number of piperidine rings is 1. The lowest BCUT2D eigenvalue weighted by Crippen LogP contribution is -2.59. The molecule has 0 aliphatic carbocycles. The second-order valence-corrected chi connectivity index (χ2v) is 9.74. The number of para-hydroxylation sites is 1. The van der Waals surface area contributed by atoms with E-state index in [2.05, 4.69) is 21.9 Å². The van der Waals surface area contributed by atoms with Crippen LogP contribution in [0.2, 0.25) is 0 Å². The maximum absolute atomic E-state index is 13.9. The van der Waals surface area contributed by atoms with Crippen molar-refractivity contribution in [3.8, 4) is 0 Å². The van der Waals surface area contributed by atoms with E-state index in [0.29, 0.717) is 25.9 Å². The minimum Gasteiger partial charge on any atom is -0.345 e. The molecule has 2 fully saturated rings. The van der Waals surface area contributed by atoms with Crippen molar-refractivity contribution in [3.05, 3.63) is 66.2 Å². The monoisotopic (exact) mass is 488 g/mol. The van der Waals surface area contributed by atoms with Gasteiger partial charge in [0.1, 0.15) is 24.3 Å². The van der Waals surface area contributed by atoms with Crippen molar-refractivity contribution in [1.82, 2.24) is 15.1 Å². The van der Waals surface area contributed by atoms with Crippen LogP contribution in [0.1, 0.15) is 32.3 Å². The molecule has 2 aromatic rings. The van der Waals surface area contributed by atoms with Crippen molar-refractivity contribution in [2.24, 2.45) is 0 Å². The predicted octanol–water partition coefficient (Wildman–Crippen LogP) is 3.78. The predicted molar refractivity (Wildman–Crippen MR) is 127 cm³/mol. The first-order valence-electron chi connectivity index (χ1n) is 11.8. The zero-order chi connectivity index (χ0) is 25.3. The van der Waals surface area contributed by atoms with Crippen LogP contribution in [0.3, 0.4) is 0 Å². The Kier molecular flexibility index (Phi) is 6.81. The molecule has 0 unspecified atom stereocenters. The van der Waals surface area contributed by atoms with Crippen molar-refractivity contribution < 1.29 is 22.8 Å². The first-order chi connectivity index (χ1) is 16.5. The number of nitrogens with one attached hydrogen (secondary N) is 1. The highest BCUT2D eigenvalue weighted by molar-refractivity contribution is 5.97. The van der Waals surface area contributed by atoms with E-state index < -0.39 is 36.4 Å². The van der Waals surface area contributed by atoms with E-state index in [1.54, 1.807) is 0 Å². The summed E-state index contributed by atoms with van der Waals surface area (Å²) in [6.07, 6.45) is -3.40. The Hall–Kier alpha value is -3.07. The topological polar surface area (TPSA) is 55.9 Å². The SMILES string of the molecule is CC1(C)N(CC(=O)NCC(F)(F)F)C(=O)C2(CCN(Cc3ccccc3)CC2)N1c1ccccc1. The maximum Gasteiger partial charge on any atom is 0.405 e. The normalized spacial score (nSPS) is 19.9. The summed E-state index contributed by atoms with van der Waals surface area (Å²) in [7, 11) is 0. The Morgan fingerprint density at radius 1 is 0.971 bits per heavy atom. The van der Waals surface area contributed by atoms with Gasteiger partial charge in [-0.25, -0.2) is 0 Å². The van der Waals surface area contributed by atoms with Gasteiger partial charge in [-0.3, -0.25) is 14.5 Å². The van der Waals surface area contributed by atoms with Gasteiger partial charge in [0.2, 0.25) is 5.91 Å². The third-order valence-electron chi connectivity index (χ3n) is 7.01. The molecule has 1 N–H and O–H groups in total. The van der Waals surface area contributed by atoms with Gasteiger partial charge >= 0.3 is 6.18 Å². The molecular weight excluding hydrogens is 457 g/mol. The number of amides is 2. The number of rotatable bonds is 6. The Morgan fingerprint density at radius 2 is 1.54 bits per heavy atom. The highest BCUT2D eigenvalue weighted by Crippen LogP contribution is 2.47. The van der Waals surface area contributed by atoms with Crippen LogP contribution in [0, 0.1) is 0 Å². The zero-order valence-electron chi connectivity index (χ0n) is 20.0. The number of alkyl halides is 3. The molecule has 2 aliphatic rings. The molecule has 9 heteroatoms. The highest BCUT2D eigenvalue weighted by atomic mass is 19.4. The third kappa shape index (κ3) is 5.15. The Labute approximate surface area is 203 Å². The van der Waals surface area contributed by atoms with Gasteiger partial charge < -0.3 is 15.1 Å². The fourth-order valence-electron chi connectivity index (χ4n) is 5.40. The van der Waals surface area contributed by atoms with Gasteiger partial charge in [0.25, 0.3) is 5.91 Å². The van der Waals surface area contributed by atoms with E-state index in [-0.39, 0.29) is 5.91 Å². The van der Waals surface area contributed by atoms with Crippen LogP contribution >= 0.6 is 0 Å². The van der Waals surface area contributed by atoms with E-state index in [4.69, 9.17) is 0 Å². The van der Waals surface area contributed by atoms with Gasteiger partial charge in [0.05, 0.1) is 0 Å². The number of hydrogen-bond donors (Lipinski definition) is 1. The number of carbonyl (C=O) groups is 2. The fraction of sp³-hybridized carbons (Fsp3) is 0.462. The number of halogens is 3. The van der Waals surface area contributed by atoms with Crippen LogP contribution in [-0.2, 0) is 16.1 Å². The van der Waals surface area contributed by atoms with E-state index in [1.807, 2.05) is 67.7 Å². The second-order valence-electron chi connectivity index (χ2n) is 9.74. The zero-order valence-corrected chi connectivity index (χ0v) is 20.0. The minimum atomic E-state index is -4.51. The Bertz CT molecular complexity index is 1040. The van der Waals surface area contributed by atoms with Crippen LogP contribution in [0.15, 0.2) is 60.7 Å². The summed E-state index contributed by atoms with van der Waals surface area (Å²) in [6.45, 7) is 4.00. The molecule has 2 saturated heterocycles. The number of carbonyl (C=O) groups excluding carboxylic acids is 2. The molecule has 2 aromatic carbocycles. The largest absolute Gasteiger partial charge is 0.405 e. The number of benzene rings is 2. The fourth-order valence-corrected chi connectivity index (χ4v) is 5.40. The second kappa shape index (κ2) is 9.53. The molecular formula is C26H31F3N4O2. The molecule has 2 heterocycles. The molecule has 0 bridgehead atoms. The quantitative estimate of drug-likeness (QED) is 0.673. The molecule has 4 rings (SSSR count). The summed E-state index contributed by atoms with van der Waals surface area (Å²) in [6, 6.07) is 19.7. The molecule has 188 valence electrons. The van der Waals surface area contributed by atoms with E-state index in [1.165, 1.54) is 10.5 Å². The van der Waals surface area contributed by atoms with Crippen LogP contribution in [0.5, 0.6) is 0 Å². The van der Waals surface area contributed by atoms with Crippen LogP contribution in [0.25, 0.3) is 0 Å². The number of nitrogens with zero attached hydrogens (tertiary/aromatic N) is 3. The van der Waals surface area contributed by atoms with Crippen molar-refractivity contribution in [1.29, 1.82) is 0 Å². The molecule has 1 spiro atoms. The molecule has 0 aromatic heterocycles.